The molecule has 0 aliphatic rings. The highest BCUT2D eigenvalue weighted by Gasteiger charge is 2.15. The summed E-state index contributed by atoms with van der Waals surface area (Å²) >= 11 is 1.61. The molecule has 0 aliphatic heterocycles. The molecule has 1 amide bonds. The van der Waals surface area contributed by atoms with Gasteiger partial charge in [-0.15, -0.1) is 11.8 Å². The minimum Gasteiger partial charge on any atom is -0.324 e. The molecular formula is C13H20N2OS. The Labute approximate surface area is 107 Å². The fourth-order valence-electron chi connectivity index (χ4n) is 1.59. The van der Waals surface area contributed by atoms with Crippen LogP contribution in [0.15, 0.2) is 29.2 Å². The molecule has 94 valence electrons. The summed E-state index contributed by atoms with van der Waals surface area (Å²) in [6.45, 7) is 4.12. The van der Waals surface area contributed by atoms with Crippen molar-refractivity contribution in [3.05, 3.63) is 24.3 Å². The molecule has 0 aromatic heterocycles. The van der Waals surface area contributed by atoms with E-state index in [1.807, 2.05) is 30.5 Å². The zero-order chi connectivity index (χ0) is 12.8. The van der Waals surface area contributed by atoms with Crippen molar-refractivity contribution < 1.29 is 4.79 Å². The predicted octanol–water partition coefficient (Wildman–Crippen LogP) is 2.72. The first kappa shape index (κ1) is 14.1. The van der Waals surface area contributed by atoms with Gasteiger partial charge in [-0.05, 0) is 30.7 Å². The molecule has 1 aromatic carbocycles. The molecule has 1 rings (SSSR count). The van der Waals surface area contributed by atoms with E-state index >= 15 is 0 Å². The quantitative estimate of drug-likeness (QED) is 0.792. The Morgan fingerprint density at radius 3 is 2.65 bits per heavy atom. The van der Waals surface area contributed by atoms with E-state index in [2.05, 4.69) is 19.2 Å². The van der Waals surface area contributed by atoms with Gasteiger partial charge in [0, 0.05) is 4.90 Å². The lowest BCUT2D eigenvalue weighted by atomic mass is 10.0. The second-order valence-corrected chi connectivity index (χ2v) is 5.27. The smallest absolute Gasteiger partial charge is 0.241 e. The molecule has 0 saturated carbocycles. The molecule has 0 unspecified atom stereocenters. The first-order valence-corrected chi connectivity index (χ1v) is 6.96. The van der Waals surface area contributed by atoms with Crippen LogP contribution in [0.2, 0.25) is 0 Å². The van der Waals surface area contributed by atoms with Gasteiger partial charge in [-0.25, -0.2) is 0 Å². The number of amides is 1. The number of para-hydroxylation sites is 1. The standard InChI is InChI=1S/C13H20N2OS/c1-9(2)8-10(14)13(16)15-11-6-4-5-7-12(11)17-3/h4-7,9-10H,8,14H2,1-3H3,(H,15,16)/t10-/m0/s1. The number of rotatable bonds is 5. The van der Waals surface area contributed by atoms with E-state index in [0.29, 0.717) is 12.3 Å². The van der Waals surface area contributed by atoms with Crippen molar-refractivity contribution in [1.82, 2.24) is 0 Å². The molecule has 3 N–H and O–H groups in total. The van der Waals surface area contributed by atoms with Crippen molar-refractivity contribution in [2.75, 3.05) is 11.6 Å². The van der Waals surface area contributed by atoms with Crippen molar-refractivity contribution in [3.8, 4) is 0 Å². The van der Waals surface area contributed by atoms with E-state index in [4.69, 9.17) is 5.73 Å². The first-order chi connectivity index (χ1) is 8.04. The number of anilines is 1. The van der Waals surface area contributed by atoms with Gasteiger partial charge in [0.25, 0.3) is 0 Å². The van der Waals surface area contributed by atoms with Gasteiger partial charge >= 0.3 is 0 Å². The number of carbonyl (C=O) groups is 1. The molecule has 3 nitrogen and oxygen atoms in total. The Morgan fingerprint density at radius 2 is 2.06 bits per heavy atom. The maximum absolute atomic E-state index is 11.9. The van der Waals surface area contributed by atoms with Gasteiger partial charge in [-0.2, -0.15) is 0 Å². The number of hydrogen-bond acceptors (Lipinski definition) is 3. The number of benzene rings is 1. The lowest BCUT2D eigenvalue weighted by Gasteiger charge is -2.15. The summed E-state index contributed by atoms with van der Waals surface area (Å²) < 4.78 is 0. The number of thioether (sulfide) groups is 1. The summed E-state index contributed by atoms with van der Waals surface area (Å²) in [6.07, 6.45) is 2.69. The Morgan fingerprint density at radius 1 is 1.41 bits per heavy atom. The number of nitrogens with one attached hydrogen (secondary N) is 1. The molecule has 4 heteroatoms. The van der Waals surface area contributed by atoms with Crippen LogP contribution in [-0.4, -0.2) is 18.2 Å². The maximum atomic E-state index is 11.9. The van der Waals surface area contributed by atoms with Gasteiger partial charge < -0.3 is 11.1 Å². The number of hydrogen-bond donors (Lipinski definition) is 2. The van der Waals surface area contributed by atoms with Crippen LogP contribution in [0.5, 0.6) is 0 Å². The van der Waals surface area contributed by atoms with Crippen LogP contribution in [0.25, 0.3) is 0 Å². The summed E-state index contributed by atoms with van der Waals surface area (Å²) in [5.74, 6) is 0.312. The van der Waals surface area contributed by atoms with Crippen LogP contribution in [0.3, 0.4) is 0 Å². The molecule has 17 heavy (non-hydrogen) atoms. The van der Waals surface area contributed by atoms with E-state index in [0.717, 1.165) is 10.6 Å². The van der Waals surface area contributed by atoms with Crippen molar-refractivity contribution in [3.63, 3.8) is 0 Å². The summed E-state index contributed by atoms with van der Waals surface area (Å²) in [6, 6.07) is 7.30. The largest absolute Gasteiger partial charge is 0.324 e. The normalized spacial score (nSPS) is 12.5. The summed E-state index contributed by atoms with van der Waals surface area (Å²) in [5, 5.41) is 2.88. The molecule has 0 fully saturated rings. The van der Waals surface area contributed by atoms with Crippen molar-refractivity contribution in [2.45, 2.75) is 31.2 Å². The molecule has 0 heterocycles. The highest BCUT2D eigenvalue weighted by molar-refractivity contribution is 7.98. The zero-order valence-corrected chi connectivity index (χ0v) is 11.4. The molecule has 0 spiro atoms. The van der Waals surface area contributed by atoms with E-state index < -0.39 is 6.04 Å². The van der Waals surface area contributed by atoms with Gasteiger partial charge in [0.1, 0.15) is 0 Å². The molecule has 0 saturated heterocycles. The average Bonchev–Trinajstić information content (AvgIpc) is 2.28. The topological polar surface area (TPSA) is 55.1 Å². The predicted molar refractivity (Wildman–Crippen MR) is 74.3 cm³/mol. The SMILES string of the molecule is CSc1ccccc1NC(=O)[C@@H](N)CC(C)C. The van der Waals surface area contributed by atoms with Crippen LogP contribution in [-0.2, 0) is 4.79 Å². The molecule has 0 bridgehead atoms. The minimum atomic E-state index is -0.440. The molecular weight excluding hydrogens is 232 g/mol. The van der Waals surface area contributed by atoms with Gasteiger partial charge in [-0.1, -0.05) is 26.0 Å². The minimum absolute atomic E-state index is 0.111. The zero-order valence-electron chi connectivity index (χ0n) is 10.6. The summed E-state index contributed by atoms with van der Waals surface area (Å²) in [7, 11) is 0. The fourth-order valence-corrected chi connectivity index (χ4v) is 2.14. The Bertz CT molecular complexity index is 379. The van der Waals surface area contributed by atoms with E-state index in [9.17, 15) is 4.79 Å². The third kappa shape index (κ3) is 4.40. The second-order valence-electron chi connectivity index (χ2n) is 4.43. The average molecular weight is 252 g/mol. The van der Waals surface area contributed by atoms with E-state index in [1.54, 1.807) is 11.8 Å². The Hall–Kier alpha value is -1.00. The van der Waals surface area contributed by atoms with Gasteiger partial charge in [0.05, 0.1) is 11.7 Å². The van der Waals surface area contributed by atoms with Crippen molar-refractivity contribution in [1.29, 1.82) is 0 Å². The molecule has 1 aromatic rings. The first-order valence-electron chi connectivity index (χ1n) is 5.74. The molecule has 1 atom stereocenters. The lowest BCUT2D eigenvalue weighted by molar-refractivity contribution is -0.117. The van der Waals surface area contributed by atoms with Gasteiger partial charge in [-0.3, -0.25) is 4.79 Å². The van der Waals surface area contributed by atoms with Gasteiger partial charge in [0.15, 0.2) is 0 Å². The van der Waals surface area contributed by atoms with E-state index in [1.165, 1.54) is 0 Å². The van der Waals surface area contributed by atoms with Crippen molar-refractivity contribution in [2.24, 2.45) is 11.7 Å². The summed E-state index contributed by atoms with van der Waals surface area (Å²) in [5.41, 5.74) is 6.68. The van der Waals surface area contributed by atoms with Gasteiger partial charge in [0.2, 0.25) is 5.91 Å². The van der Waals surface area contributed by atoms with Crippen LogP contribution < -0.4 is 11.1 Å². The monoisotopic (exact) mass is 252 g/mol. The molecule has 0 aliphatic carbocycles. The van der Waals surface area contributed by atoms with Crippen LogP contribution in [0, 0.1) is 5.92 Å². The number of carbonyl (C=O) groups excluding carboxylic acids is 1. The summed E-state index contributed by atoms with van der Waals surface area (Å²) in [4.78, 5) is 12.9. The third-order valence-electron chi connectivity index (χ3n) is 2.43. The Kier molecular flexibility index (Phi) is 5.51. The fraction of sp³-hybridized carbons (Fsp3) is 0.462. The molecule has 0 radical (unpaired) electrons. The Balaban J connectivity index is 2.67. The number of nitrogens with two attached hydrogens (primary N) is 1. The maximum Gasteiger partial charge on any atom is 0.241 e. The second kappa shape index (κ2) is 6.67. The van der Waals surface area contributed by atoms with E-state index in [-0.39, 0.29) is 5.91 Å². The van der Waals surface area contributed by atoms with Crippen LogP contribution in [0.1, 0.15) is 20.3 Å². The highest BCUT2D eigenvalue weighted by atomic mass is 32.2. The van der Waals surface area contributed by atoms with Crippen molar-refractivity contribution >= 4 is 23.4 Å². The lowest BCUT2D eigenvalue weighted by Crippen LogP contribution is -2.36. The van der Waals surface area contributed by atoms with Crippen LogP contribution >= 0.6 is 11.8 Å². The third-order valence-corrected chi connectivity index (χ3v) is 3.22. The highest BCUT2D eigenvalue weighted by Crippen LogP contribution is 2.24. The van der Waals surface area contributed by atoms with Crippen LogP contribution in [0.4, 0.5) is 5.69 Å².